The number of benzene rings is 1. The van der Waals surface area contributed by atoms with Crippen molar-refractivity contribution in [2.75, 3.05) is 37.7 Å². The molecule has 2 aliphatic heterocycles. The Morgan fingerprint density at radius 1 is 1.03 bits per heavy atom. The summed E-state index contributed by atoms with van der Waals surface area (Å²) >= 11 is 0. The zero-order chi connectivity index (χ0) is 20.6. The van der Waals surface area contributed by atoms with Gasteiger partial charge in [0.25, 0.3) is 5.91 Å². The van der Waals surface area contributed by atoms with Crippen LogP contribution in [0.2, 0.25) is 0 Å². The van der Waals surface area contributed by atoms with Gasteiger partial charge >= 0.3 is 0 Å². The second-order valence-electron chi connectivity index (χ2n) is 9.30. The van der Waals surface area contributed by atoms with E-state index in [1.807, 2.05) is 36.1 Å². The molecule has 2 unspecified atom stereocenters. The van der Waals surface area contributed by atoms with E-state index in [1.54, 1.807) is 0 Å². The van der Waals surface area contributed by atoms with Crippen LogP contribution in [0.5, 0.6) is 5.75 Å². The number of likely N-dealkylation sites (tertiary alicyclic amines) is 1. The van der Waals surface area contributed by atoms with Crippen molar-refractivity contribution >= 4 is 11.7 Å². The summed E-state index contributed by atoms with van der Waals surface area (Å²) in [5, 5.41) is 8.87. The molecule has 6 heteroatoms. The van der Waals surface area contributed by atoms with E-state index in [0.717, 1.165) is 49.0 Å². The number of carbonyl (C=O) groups is 1. The first-order valence-electron chi connectivity index (χ1n) is 10.4. The van der Waals surface area contributed by atoms with Gasteiger partial charge in [0.05, 0.1) is 5.69 Å². The number of aryl methyl sites for hydroxylation is 1. The molecule has 0 bridgehead atoms. The van der Waals surface area contributed by atoms with Gasteiger partial charge in [-0.25, -0.2) is 0 Å². The molecule has 1 aromatic heterocycles. The predicted molar refractivity (Wildman–Crippen MR) is 113 cm³/mol. The van der Waals surface area contributed by atoms with E-state index in [2.05, 4.69) is 48.0 Å². The van der Waals surface area contributed by atoms with Crippen molar-refractivity contribution in [3.63, 3.8) is 0 Å². The Labute approximate surface area is 172 Å². The monoisotopic (exact) mass is 394 g/mol. The minimum absolute atomic E-state index is 0.00821. The van der Waals surface area contributed by atoms with Crippen LogP contribution in [0.1, 0.15) is 32.0 Å². The van der Waals surface area contributed by atoms with Crippen LogP contribution in [-0.2, 0) is 10.2 Å². The molecule has 4 rings (SSSR count). The van der Waals surface area contributed by atoms with Gasteiger partial charge in [0.2, 0.25) is 0 Å². The summed E-state index contributed by atoms with van der Waals surface area (Å²) in [5.41, 5.74) is 2.06. The molecule has 154 valence electrons. The molecule has 0 saturated carbocycles. The van der Waals surface area contributed by atoms with E-state index in [9.17, 15) is 4.79 Å². The molecule has 2 atom stereocenters. The summed E-state index contributed by atoms with van der Waals surface area (Å²) in [6, 6.07) is 12.0. The van der Waals surface area contributed by atoms with Gasteiger partial charge in [0.15, 0.2) is 12.4 Å². The van der Waals surface area contributed by atoms with Crippen molar-refractivity contribution < 1.29 is 9.53 Å². The fraction of sp³-hybridized carbons (Fsp3) is 0.522. The average molecular weight is 395 g/mol. The van der Waals surface area contributed by atoms with Crippen LogP contribution in [-0.4, -0.2) is 53.8 Å². The van der Waals surface area contributed by atoms with Crippen LogP contribution in [0.3, 0.4) is 0 Å². The molecule has 2 saturated heterocycles. The molecular weight excluding hydrogens is 364 g/mol. The van der Waals surface area contributed by atoms with Gasteiger partial charge in [0, 0.05) is 43.4 Å². The van der Waals surface area contributed by atoms with Gasteiger partial charge in [-0.2, -0.15) is 5.10 Å². The zero-order valence-corrected chi connectivity index (χ0v) is 17.8. The molecule has 2 aromatic rings. The van der Waals surface area contributed by atoms with Gasteiger partial charge in [-0.3, -0.25) is 4.79 Å². The maximum Gasteiger partial charge on any atom is 0.260 e. The molecule has 1 aromatic carbocycles. The normalized spacial score (nSPS) is 21.4. The van der Waals surface area contributed by atoms with E-state index >= 15 is 0 Å². The SMILES string of the molecule is Cc1ccccc1OCC(=O)N1CC2CN(c3ccc(C(C)(C)C)nn3)CC2C1. The third-order valence-electron chi connectivity index (χ3n) is 6.03. The van der Waals surface area contributed by atoms with Crippen LogP contribution in [0, 0.1) is 18.8 Å². The van der Waals surface area contributed by atoms with Gasteiger partial charge in [-0.15, -0.1) is 5.10 Å². The summed E-state index contributed by atoms with van der Waals surface area (Å²) in [4.78, 5) is 16.9. The van der Waals surface area contributed by atoms with Gasteiger partial charge < -0.3 is 14.5 Å². The van der Waals surface area contributed by atoms with Crippen molar-refractivity contribution in [2.24, 2.45) is 11.8 Å². The molecule has 0 radical (unpaired) electrons. The van der Waals surface area contributed by atoms with Crippen molar-refractivity contribution in [1.82, 2.24) is 15.1 Å². The topological polar surface area (TPSA) is 58.6 Å². The fourth-order valence-electron chi connectivity index (χ4n) is 4.23. The number of hydrogen-bond acceptors (Lipinski definition) is 5. The standard InChI is InChI=1S/C23H30N4O2/c1-16-7-5-6-8-19(16)29-15-22(28)27-13-17-11-26(12-18(17)14-27)21-10-9-20(24-25-21)23(2,3)4/h5-10,17-18H,11-15H2,1-4H3. The number of ether oxygens (including phenoxy) is 1. The first kappa shape index (κ1) is 19.7. The highest BCUT2D eigenvalue weighted by Gasteiger charge is 2.42. The lowest BCUT2D eigenvalue weighted by atomic mass is 9.92. The number of rotatable bonds is 4. The maximum atomic E-state index is 12.6. The highest BCUT2D eigenvalue weighted by molar-refractivity contribution is 5.78. The number of hydrogen-bond donors (Lipinski definition) is 0. The van der Waals surface area contributed by atoms with Crippen molar-refractivity contribution in [3.8, 4) is 5.75 Å². The quantitative estimate of drug-likeness (QED) is 0.798. The third-order valence-corrected chi connectivity index (χ3v) is 6.03. The van der Waals surface area contributed by atoms with Crippen molar-refractivity contribution in [2.45, 2.75) is 33.1 Å². The van der Waals surface area contributed by atoms with Crippen molar-refractivity contribution in [1.29, 1.82) is 0 Å². The van der Waals surface area contributed by atoms with Gasteiger partial charge in [-0.1, -0.05) is 39.0 Å². The molecular formula is C23H30N4O2. The van der Waals surface area contributed by atoms with Crippen LogP contribution < -0.4 is 9.64 Å². The molecule has 2 fully saturated rings. The highest BCUT2D eigenvalue weighted by Crippen LogP contribution is 2.33. The number of para-hydroxylation sites is 1. The molecule has 0 aliphatic carbocycles. The van der Waals surface area contributed by atoms with E-state index < -0.39 is 0 Å². The second-order valence-corrected chi connectivity index (χ2v) is 9.30. The Morgan fingerprint density at radius 2 is 1.72 bits per heavy atom. The van der Waals surface area contributed by atoms with E-state index in [1.165, 1.54) is 0 Å². The Balaban J connectivity index is 1.30. The third kappa shape index (κ3) is 4.21. The maximum absolute atomic E-state index is 12.6. The largest absolute Gasteiger partial charge is 0.484 e. The summed E-state index contributed by atoms with van der Waals surface area (Å²) in [5.74, 6) is 2.77. The Kier molecular flexibility index (Phi) is 5.19. The molecule has 1 amide bonds. The first-order valence-corrected chi connectivity index (χ1v) is 10.4. The van der Waals surface area contributed by atoms with E-state index in [0.29, 0.717) is 11.8 Å². The lowest BCUT2D eigenvalue weighted by Crippen LogP contribution is -2.36. The fourth-order valence-corrected chi connectivity index (χ4v) is 4.23. The number of anilines is 1. The van der Waals surface area contributed by atoms with Crippen LogP contribution in [0.4, 0.5) is 5.82 Å². The minimum Gasteiger partial charge on any atom is -0.484 e. The van der Waals surface area contributed by atoms with Crippen molar-refractivity contribution in [3.05, 3.63) is 47.7 Å². The summed E-state index contributed by atoms with van der Waals surface area (Å²) in [6.07, 6.45) is 0. The number of aromatic nitrogens is 2. The smallest absolute Gasteiger partial charge is 0.260 e. The summed E-state index contributed by atoms with van der Waals surface area (Å²) in [7, 11) is 0. The number of nitrogens with zero attached hydrogens (tertiary/aromatic N) is 4. The zero-order valence-electron chi connectivity index (χ0n) is 17.8. The molecule has 29 heavy (non-hydrogen) atoms. The number of amides is 1. The molecule has 3 heterocycles. The van der Waals surface area contributed by atoms with Crippen LogP contribution in [0.15, 0.2) is 36.4 Å². The predicted octanol–water partition coefficient (Wildman–Crippen LogP) is 3.06. The minimum atomic E-state index is 0.00821. The van der Waals surface area contributed by atoms with Gasteiger partial charge in [0.1, 0.15) is 5.75 Å². The Hall–Kier alpha value is -2.63. The molecule has 0 spiro atoms. The Bertz CT molecular complexity index is 861. The highest BCUT2D eigenvalue weighted by atomic mass is 16.5. The summed E-state index contributed by atoms with van der Waals surface area (Å²) < 4.78 is 5.74. The van der Waals surface area contributed by atoms with E-state index in [4.69, 9.17) is 4.74 Å². The van der Waals surface area contributed by atoms with Crippen LogP contribution >= 0.6 is 0 Å². The van der Waals surface area contributed by atoms with Gasteiger partial charge in [-0.05, 0) is 30.7 Å². The second kappa shape index (κ2) is 7.65. The lowest BCUT2D eigenvalue weighted by Gasteiger charge is -2.23. The number of carbonyl (C=O) groups excluding carboxylic acids is 1. The Morgan fingerprint density at radius 3 is 2.31 bits per heavy atom. The lowest BCUT2D eigenvalue weighted by molar-refractivity contribution is -0.132. The average Bonchev–Trinajstić information content (AvgIpc) is 3.26. The van der Waals surface area contributed by atoms with Crippen LogP contribution in [0.25, 0.3) is 0 Å². The summed E-state index contributed by atoms with van der Waals surface area (Å²) in [6.45, 7) is 12.0. The molecule has 2 aliphatic rings. The molecule has 0 N–H and O–H groups in total. The first-order chi connectivity index (χ1) is 13.8. The van der Waals surface area contributed by atoms with E-state index in [-0.39, 0.29) is 17.9 Å². The molecule has 6 nitrogen and oxygen atoms in total. The number of fused-ring (bicyclic) bond motifs is 1.